The van der Waals surface area contributed by atoms with Gasteiger partial charge in [0.2, 0.25) is 5.91 Å². The van der Waals surface area contributed by atoms with Gasteiger partial charge in [-0.25, -0.2) is 9.59 Å². The molecule has 0 atom stereocenters. The summed E-state index contributed by atoms with van der Waals surface area (Å²) in [5.41, 5.74) is 0.989. The fourth-order valence-electron chi connectivity index (χ4n) is 2.47. The molecule has 7 nitrogen and oxygen atoms in total. The standard InChI is InChI=1S/C16H21N3O4/c1-2-17-16(23)19-9-7-18(8-10-19)14(20)11-12-3-5-13(6-4-12)15(21)22/h3-6H,2,7-11H2,1H3,(H,17,23)(H,21,22). The molecule has 0 saturated carbocycles. The van der Waals surface area contributed by atoms with Gasteiger partial charge in [-0.3, -0.25) is 4.79 Å². The first-order valence-electron chi connectivity index (χ1n) is 7.64. The SMILES string of the molecule is CCNC(=O)N1CCN(C(=O)Cc2ccc(C(=O)O)cc2)CC1. The summed E-state index contributed by atoms with van der Waals surface area (Å²) in [4.78, 5) is 38.2. The number of aromatic carboxylic acids is 1. The van der Waals surface area contributed by atoms with Gasteiger partial charge in [-0.1, -0.05) is 12.1 Å². The Morgan fingerprint density at radius 2 is 1.61 bits per heavy atom. The molecule has 23 heavy (non-hydrogen) atoms. The minimum atomic E-state index is -0.982. The van der Waals surface area contributed by atoms with Crippen molar-refractivity contribution in [3.63, 3.8) is 0 Å². The van der Waals surface area contributed by atoms with E-state index in [-0.39, 0.29) is 23.9 Å². The summed E-state index contributed by atoms with van der Waals surface area (Å²) in [6, 6.07) is 6.22. The third-order valence-electron chi connectivity index (χ3n) is 3.80. The van der Waals surface area contributed by atoms with E-state index in [2.05, 4.69) is 5.32 Å². The first-order chi connectivity index (χ1) is 11.0. The maximum Gasteiger partial charge on any atom is 0.335 e. The van der Waals surface area contributed by atoms with Crippen molar-refractivity contribution in [1.82, 2.24) is 15.1 Å². The van der Waals surface area contributed by atoms with E-state index in [9.17, 15) is 14.4 Å². The van der Waals surface area contributed by atoms with E-state index in [1.54, 1.807) is 21.9 Å². The number of urea groups is 1. The molecule has 124 valence electrons. The third kappa shape index (κ3) is 4.45. The van der Waals surface area contributed by atoms with Crippen molar-refractivity contribution >= 4 is 17.9 Å². The molecule has 3 amide bonds. The molecule has 7 heteroatoms. The number of carbonyl (C=O) groups excluding carboxylic acids is 2. The molecule has 1 aromatic carbocycles. The zero-order valence-electron chi connectivity index (χ0n) is 13.1. The fourth-order valence-corrected chi connectivity index (χ4v) is 2.47. The molecule has 0 bridgehead atoms. The largest absolute Gasteiger partial charge is 0.478 e. The predicted octanol–water partition coefficient (Wildman–Crippen LogP) is 0.801. The maximum atomic E-state index is 12.3. The van der Waals surface area contributed by atoms with Crippen LogP contribution in [0.5, 0.6) is 0 Å². The predicted molar refractivity (Wildman–Crippen MR) is 84.3 cm³/mol. The number of nitrogens with one attached hydrogen (secondary N) is 1. The van der Waals surface area contributed by atoms with Gasteiger partial charge in [0.1, 0.15) is 0 Å². The molecule has 1 saturated heterocycles. The zero-order chi connectivity index (χ0) is 16.8. The van der Waals surface area contributed by atoms with E-state index in [0.717, 1.165) is 5.56 Å². The van der Waals surface area contributed by atoms with Crippen LogP contribution in [0, 0.1) is 0 Å². The van der Waals surface area contributed by atoms with E-state index in [0.29, 0.717) is 32.7 Å². The molecule has 1 aliphatic heterocycles. The zero-order valence-corrected chi connectivity index (χ0v) is 13.1. The molecule has 0 spiro atoms. The van der Waals surface area contributed by atoms with Crippen LogP contribution in [0.15, 0.2) is 24.3 Å². The fraction of sp³-hybridized carbons (Fsp3) is 0.438. The number of carboxylic acids is 1. The summed E-state index contributed by atoms with van der Waals surface area (Å²) in [5.74, 6) is -0.993. The number of benzene rings is 1. The lowest BCUT2D eigenvalue weighted by Gasteiger charge is -2.34. The summed E-state index contributed by atoms with van der Waals surface area (Å²) in [6.45, 7) is 4.54. The molecule has 1 aliphatic rings. The molecular weight excluding hydrogens is 298 g/mol. The maximum absolute atomic E-state index is 12.3. The Morgan fingerprint density at radius 1 is 1.04 bits per heavy atom. The van der Waals surface area contributed by atoms with Gasteiger partial charge in [0.15, 0.2) is 0 Å². The van der Waals surface area contributed by atoms with E-state index in [1.807, 2.05) is 6.92 Å². The number of piperazine rings is 1. The summed E-state index contributed by atoms with van der Waals surface area (Å²) in [6.07, 6.45) is 0.237. The van der Waals surface area contributed by atoms with Crippen molar-refractivity contribution in [2.45, 2.75) is 13.3 Å². The Labute approximate surface area is 134 Å². The van der Waals surface area contributed by atoms with Crippen LogP contribution in [0.4, 0.5) is 4.79 Å². The second-order valence-corrected chi connectivity index (χ2v) is 5.38. The highest BCUT2D eigenvalue weighted by atomic mass is 16.4. The van der Waals surface area contributed by atoms with E-state index < -0.39 is 5.97 Å². The van der Waals surface area contributed by atoms with Crippen LogP contribution < -0.4 is 5.32 Å². The molecule has 2 N–H and O–H groups in total. The Balaban J connectivity index is 1.85. The highest BCUT2D eigenvalue weighted by Gasteiger charge is 2.23. The topological polar surface area (TPSA) is 90.0 Å². The molecule has 0 aromatic heterocycles. The van der Waals surface area contributed by atoms with Gasteiger partial charge < -0.3 is 20.2 Å². The average Bonchev–Trinajstić information content (AvgIpc) is 2.55. The molecule has 1 fully saturated rings. The number of nitrogens with zero attached hydrogens (tertiary/aromatic N) is 2. The molecule has 2 rings (SSSR count). The number of amides is 3. The molecule has 0 unspecified atom stereocenters. The van der Waals surface area contributed by atoms with Crippen LogP contribution in [-0.2, 0) is 11.2 Å². The molecular formula is C16H21N3O4. The first kappa shape index (κ1) is 16.8. The number of rotatable bonds is 4. The monoisotopic (exact) mass is 319 g/mol. The van der Waals surface area contributed by atoms with Gasteiger partial charge >= 0.3 is 12.0 Å². The minimum absolute atomic E-state index is 0.0105. The summed E-state index contributed by atoms with van der Waals surface area (Å²) in [5, 5.41) is 11.6. The van der Waals surface area contributed by atoms with Crippen molar-refractivity contribution in [1.29, 1.82) is 0 Å². The Hall–Kier alpha value is -2.57. The number of hydrogen-bond donors (Lipinski definition) is 2. The lowest BCUT2D eigenvalue weighted by molar-refractivity contribution is -0.131. The van der Waals surface area contributed by atoms with Crippen LogP contribution in [0.1, 0.15) is 22.8 Å². The van der Waals surface area contributed by atoms with Crippen LogP contribution >= 0.6 is 0 Å². The van der Waals surface area contributed by atoms with Gasteiger partial charge in [0.05, 0.1) is 12.0 Å². The van der Waals surface area contributed by atoms with E-state index in [1.165, 1.54) is 12.1 Å². The van der Waals surface area contributed by atoms with Crippen LogP contribution in [-0.4, -0.2) is 65.5 Å². The number of hydrogen-bond acceptors (Lipinski definition) is 3. The second-order valence-electron chi connectivity index (χ2n) is 5.38. The lowest BCUT2D eigenvalue weighted by Crippen LogP contribution is -2.53. The van der Waals surface area contributed by atoms with Crippen molar-refractivity contribution in [3.8, 4) is 0 Å². The van der Waals surface area contributed by atoms with Gasteiger partial charge in [-0.15, -0.1) is 0 Å². The lowest BCUT2D eigenvalue weighted by atomic mass is 10.1. The van der Waals surface area contributed by atoms with Crippen molar-refractivity contribution in [3.05, 3.63) is 35.4 Å². The van der Waals surface area contributed by atoms with Crippen molar-refractivity contribution in [2.24, 2.45) is 0 Å². The summed E-state index contributed by atoms with van der Waals surface area (Å²) >= 11 is 0. The van der Waals surface area contributed by atoms with E-state index >= 15 is 0 Å². The molecule has 0 radical (unpaired) electrons. The van der Waals surface area contributed by atoms with Crippen LogP contribution in [0.25, 0.3) is 0 Å². The van der Waals surface area contributed by atoms with Gasteiger partial charge in [-0.05, 0) is 24.6 Å². The number of carbonyl (C=O) groups is 3. The van der Waals surface area contributed by atoms with Gasteiger partial charge in [0, 0.05) is 32.7 Å². The Kier molecular flexibility index (Phi) is 5.56. The van der Waals surface area contributed by atoms with E-state index in [4.69, 9.17) is 5.11 Å². The summed E-state index contributed by atoms with van der Waals surface area (Å²) in [7, 11) is 0. The normalized spacial score (nSPS) is 14.5. The molecule has 0 aliphatic carbocycles. The van der Waals surface area contributed by atoms with Gasteiger partial charge in [0.25, 0.3) is 0 Å². The third-order valence-corrected chi connectivity index (χ3v) is 3.80. The van der Waals surface area contributed by atoms with Gasteiger partial charge in [-0.2, -0.15) is 0 Å². The minimum Gasteiger partial charge on any atom is -0.478 e. The van der Waals surface area contributed by atoms with Crippen LogP contribution in [0.2, 0.25) is 0 Å². The summed E-state index contributed by atoms with van der Waals surface area (Å²) < 4.78 is 0. The molecule has 1 heterocycles. The Bertz CT molecular complexity index is 577. The average molecular weight is 319 g/mol. The highest BCUT2D eigenvalue weighted by Crippen LogP contribution is 2.09. The second kappa shape index (κ2) is 7.62. The quantitative estimate of drug-likeness (QED) is 0.859. The van der Waals surface area contributed by atoms with Crippen molar-refractivity contribution < 1.29 is 19.5 Å². The number of carboxylic acid groups (broad SMARTS) is 1. The van der Waals surface area contributed by atoms with Crippen molar-refractivity contribution in [2.75, 3.05) is 32.7 Å². The molecule has 1 aromatic rings. The smallest absolute Gasteiger partial charge is 0.335 e. The first-order valence-corrected chi connectivity index (χ1v) is 7.64. The highest BCUT2D eigenvalue weighted by molar-refractivity contribution is 5.87. The van der Waals surface area contributed by atoms with Crippen LogP contribution in [0.3, 0.4) is 0 Å². The Morgan fingerprint density at radius 3 is 2.13 bits per heavy atom.